The molecular formula is C11H7BrN4O3. The van der Waals surface area contributed by atoms with Crippen molar-refractivity contribution in [2.24, 2.45) is 0 Å². The quantitative estimate of drug-likeness (QED) is 0.722. The maximum atomic E-state index is 11.9. The number of benzene rings is 1. The average Bonchev–Trinajstić information content (AvgIpc) is 2.91. The van der Waals surface area contributed by atoms with Crippen LogP contribution in [0.3, 0.4) is 0 Å². The number of rotatable bonds is 2. The summed E-state index contributed by atoms with van der Waals surface area (Å²) < 4.78 is 11.1. The zero-order valence-corrected chi connectivity index (χ0v) is 11.3. The monoisotopic (exact) mass is 322 g/mol. The molecule has 8 heteroatoms. The van der Waals surface area contributed by atoms with Crippen LogP contribution in [-0.4, -0.2) is 27.7 Å². The molecule has 0 atom stereocenters. The molecule has 0 saturated heterocycles. The summed E-state index contributed by atoms with van der Waals surface area (Å²) in [6.07, 6.45) is 0. The van der Waals surface area contributed by atoms with Crippen LogP contribution in [-0.2, 0) is 0 Å². The molecule has 2 heterocycles. The highest BCUT2D eigenvalue weighted by atomic mass is 79.9. The van der Waals surface area contributed by atoms with E-state index < -0.39 is 5.63 Å². The molecule has 7 nitrogen and oxygen atoms in total. The summed E-state index contributed by atoms with van der Waals surface area (Å²) >= 11 is 3.37. The number of ether oxygens (including phenoxy) is 1. The van der Waals surface area contributed by atoms with E-state index in [0.29, 0.717) is 11.3 Å². The van der Waals surface area contributed by atoms with Crippen LogP contribution in [0.25, 0.3) is 22.4 Å². The van der Waals surface area contributed by atoms with Crippen LogP contribution in [0.2, 0.25) is 0 Å². The molecule has 96 valence electrons. The van der Waals surface area contributed by atoms with Gasteiger partial charge in [-0.05, 0) is 33.3 Å². The van der Waals surface area contributed by atoms with Crippen LogP contribution >= 0.6 is 15.9 Å². The molecule has 0 amide bonds. The molecule has 3 rings (SSSR count). The second-order valence-corrected chi connectivity index (χ2v) is 4.56. The van der Waals surface area contributed by atoms with Gasteiger partial charge in [0.05, 0.1) is 11.6 Å². The summed E-state index contributed by atoms with van der Waals surface area (Å²) in [5.74, 6) is 0.783. The van der Waals surface area contributed by atoms with Crippen molar-refractivity contribution in [1.29, 1.82) is 0 Å². The molecule has 1 aromatic carbocycles. The van der Waals surface area contributed by atoms with E-state index in [1.807, 2.05) is 0 Å². The highest BCUT2D eigenvalue weighted by Crippen LogP contribution is 2.30. The summed E-state index contributed by atoms with van der Waals surface area (Å²) in [5, 5.41) is 14.0. The van der Waals surface area contributed by atoms with Crippen molar-refractivity contribution >= 4 is 26.9 Å². The lowest BCUT2D eigenvalue weighted by Gasteiger charge is -2.05. The highest BCUT2D eigenvalue weighted by Gasteiger charge is 2.13. The number of hydrogen-bond acceptors (Lipinski definition) is 6. The van der Waals surface area contributed by atoms with Crippen molar-refractivity contribution in [2.45, 2.75) is 0 Å². The first kappa shape index (κ1) is 11.8. The second kappa shape index (κ2) is 4.47. The Bertz CT molecular complexity index is 798. The summed E-state index contributed by atoms with van der Waals surface area (Å²) in [6.45, 7) is 0. The minimum atomic E-state index is -0.529. The van der Waals surface area contributed by atoms with Gasteiger partial charge in [0.1, 0.15) is 16.9 Å². The van der Waals surface area contributed by atoms with E-state index in [9.17, 15) is 4.79 Å². The minimum Gasteiger partial charge on any atom is -0.495 e. The Balaban J connectivity index is 2.29. The van der Waals surface area contributed by atoms with Crippen LogP contribution in [0.5, 0.6) is 5.75 Å². The third kappa shape index (κ3) is 1.99. The fourth-order valence-corrected chi connectivity index (χ4v) is 2.23. The molecule has 0 aliphatic heterocycles. The molecule has 19 heavy (non-hydrogen) atoms. The van der Waals surface area contributed by atoms with Crippen LogP contribution < -0.4 is 10.4 Å². The van der Waals surface area contributed by atoms with Crippen LogP contribution in [0.15, 0.2) is 31.9 Å². The molecule has 0 aliphatic rings. The lowest BCUT2D eigenvalue weighted by atomic mass is 10.1. The molecule has 0 saturated carbocycles. The van der Waals surface area contributed by atoms with E-state index in [1.165, 1.54) is 7.11 Å². The van der Waals surface area contributed by atoms with Gasteiger partial charge < -0.3 is 9.15 Å². The van der Waals surface area contributed by atoms with Crippen LogP contribution in [0.1, 0.15) is 0 Å². The highest BCUT2D eigenvalue weighted by molar-refractivity contribution is 9.10. The van der Waals surface area contributed by atoms with Gasteiger partial charge in [-0.2, -0.15) is 5.21 Å². The van der Waals surface area contributed by atoms with Crippen LogP contribution in [0.4, 0.5) is 0 Å². The second-order valence-electron chi connectivity index (χ2n) is 3.71. The number of aromatic amines is 1. The molecule has 3 aromatic rings. The van der Waals surface area contributed by atoms with Crippen molar-refractivity contribution in [3.8, 4) is 17.1 Å². The third-order valence-electron chi connectivity index (χ3n) is 2.59. The maximum absolute atomic E-state index is 11.9. The van der Waals surface area contributed by atoms with Gasteiger partial charge in [0.25, 0.3) is 0 Å². The minimum absolute atomic E-state index is 0.197. The lowest BCUT2D eigenvalue weighted by Crippen LogP contribution is -2.04. The predicted octanol–water partition coefficient (Wildman–Crippen LogP) is 1.74. The summed E-state index contributed by atoms with van der Waals surface area (Å²) in [7, 11) is 1.54. The Labute approximate surface area is 114 Å². The molecular weight excluding hydrogens is 316 g/mol. The zero-order chi connectivity index (χ0) is 13.4. The Hall–Kier alpha value is -2.22. The number of aromatic nitrogens is 4. The van der Waals surface area contributed by atoms with Gasteiger partial charge in [-0.25, -0.2) is 4.79 Å². The summed E-state index contributed by atoms with van der Waals surface area (Å²) in [5.41, 5.74) is 0.147. The summed E-state index contributed by atoms with van der Waals surface area (Å²) in [6, 6.07) is 5.08. The first-order valence-electron chi connectivity index (χ1n) is 5.24. The van der Waals surface area contributed by atoms with E-state index in [-0.39, 0.29) is 11.4 Å². The first-order chi connectivity index (χ1) is 9.19. The molecule has 0 radical (unpaired) electrons. The molecule has 0 aliphatic carbocycles. The van der Waals surface area contributed by atoms with E-state index in [0.717, 1.165) is 9.86 Å². The van der Waals surface area contributed by atoms with Gasteiger partial charge >= 0.3 is 5.63 Å². The molecule has 0 spiro atoms. The Morgan fingerprint density at radius 2 is 2.21 bits per heavy atom. The van der Waals surface area contributed by atoms with Gasteiger partial charge in [0.2, 0.25) is 5.82 Å². The standard InChI is InChI=1S/C11H7BrN4O3/c1-18-9-4-8-5(3-7(9)12)2-6(11(17)19-8)10-13-15-16-14-10/h2-4H,1H3,(H,13,14,15,16). The molecule has 1 N–H and O–H groups in total. The topological polar surface area (TPSA) is 93.9 Å². The fourth-order valence-electron chi connectivity index (χ4n) is 1.71. The van der Waals surface area contributed by atoms with Crippen molar-refractivity contribution < 1.29 is 9.15 Å². The van der Waals surface area contributed by atoms with Crippen molar-refractivity contribution in [1.82, 2.24) is 20.6 Å². The van der Waals surface area contributed by atoms with Crippen molar-refractivity contribution in [3.05, 3.63) is 33.1 Å². The van der Waals surface area contributed by atoms with Gasteiger partial charge in [0.15, 0.2) is 0 Å². The Morgan fingerprint density at radius 3 is 2.89 bits per heavy atom. The van der Waals surface area contributed by atoms with Crippen molar-refractivity contribution in [2.75, 3.05) is 7.11 Å². The number of nitrogens with zero attached hydrogens (tertiary/aromatic N) is 3. The Kier molecular flexibility index (Phi) is 2.79. The number of H-pyrrole nitrogens is 1. The lowest BCUT2D eigenvalue weighted by molar-refractivity contribution is 0.411. The van der Waals surface area contributed by atoms with E-state index in [2.05, 4.69) is 36.6 Å². The van der Waals surface area contributed by atoms with Crippen LogP contribution in [0, 0.1) is 0 Å². The van der Waals surface area contributed by atoms with E-state index in [4.69, 9.17) is 9.15 Å². The van der Waals surface area contributed by atoms with Gasteiger partial charge in [0, 0.05) is 11.5 Å². The smallest absolute Gasteiger partial charge is 0.347 e. The first-order valence-corrected chi connectivity index (χ1v) is 6.03. The number of fused-ring (bicyclic) bond motifs is 1. The predicted molar refractivity (Wildman–Crippen MR) is 69.9 cm³/mol. The van der Waals surface area contributed by atoms with Gasteiger partial charge in [-0.1, -0.05) is 0 Å². The average molecular weight is 323 g/mol. The third-order valence-corrected chi connectivity index (χ3v) is 3.21. The zero-order valence-electron chi connectivity index (χ0n) is 9.68. The molecule has 0 bridgehead atoms. The number of methoxy groups -OCH3 is 1. The number of nitrogens with one attached hydrogen (secondary N) is 1. The fraction of sp³-hybridized carbons (Fsp3) is 0.0909. The SMILES string of the molecule is COc1cc2oc(=O)c(-c3nn[nH]n3)cc2cc1Br. The molecule has 2 aromatic heterocycles. The van der Waals surface area contributed by atoms with E-state index in [1.54, 1.807) is 18.2 Å². The van der Waals surface area contributed by atoms with Gasteiger partial charge in [-0.15, -0.1) is 10.2 Å². The molecule has 0 fully saturated rings. The number of tetrazole rings is 1. The molecule has 0 unspecified atom stereocenters. The number of halogens is 1. The summed E-state index contributed by atoms with van der Waals surface area (Å²) in [4.78, 5) is 11.9. The normalized spacial score (nSPS) is 10.8. The van der Waals surface area contributed by atoms with E-state index >= 15 is 0 Å². The Morgan fingerprint density at radius 1 is 1.37 bits per heavy atom. The maximum Gasteiger partial charge on any atom is 0.347 e. The number of hydrogen-bond donors (Lipinski definition) is 1. The van der Waals surface area contributed by atoms with Crippen molar-refractivity contribution in [3.63, 3.8) is 0 Å². The van der Waals surface area contributed by atoms with Gasteiger partial charge in [-0.3, -0.25) is 0 Å². The largest absolute Gasteiger partial charge is 0.495 e.